The fourth-order valence-electron chi connectivity index (χ4n) is 2.35. The Morgan fingerprint density at radius 1 is 1.47 bits per heavy atom. The van der Waals surface area contributed by atoms with Gasteiger partial charge in [0, 0.05) is 6.07 Å². The maximum atomic E-state index is 6.19. The molecule has 1 aromatic carbocycles. The Balaban J connectivity index is 1.92. The van der Waals surface area contributed by atoms with E-state index in [0.29, 0.717) is 11.6 Å². The number of nitrogens with zero attached hydrogens (tertiary/aromatic N) is 2. The van der Waals surface area contributed by atoms with Crippen molar-refractivity contribution in [3.05, 3.63) is 40.7 Å². The zero-order valence-electron chi connectivity index (χ0n) is 10.9. The van der Waals surface area contributed by atoms with Gasteiger partial charge in [0.2, 0.25) is 0 Å². The summed E-state index contributed by atoms with van der Waals surface area (Å²) in [4.78, 5) is 2.21. The van der Waals surface area contributed by atoms with E-state index in [4.69, 9.17) is 20.9 Å². The van der Waals surface area contributed by atoms with Crippen LogP contribution in [-0.2, 0) is 6.54 Å². The molecule has 0 saturated heterocycles. The molecule has 3 rings (SSSR count). The van der Waals surface area contributed by atoms with Gasteiger partial charge >= 0.3 is 0 Å². The second kappa shape index (κ2) is 4.78. The van der Waals surface area contributed by atoms with Gasteiger partial charge in [-0.2, -0.15) is 0 Å². The fourth-order valence-corrected chi connectivity index (χ4v) is 2.56. The molecule has 1 aliphatic heterocycles. The van der Waals surface area contributed by atoms with Crippen LogP contribution in [0.15, 0.2) is 28.8 Å². The predicted octanol–water partition coefficient (Wildman–Crippen LogP) is 3.42. The normalized spacial score (nSPS) is 18.1. The highest BCUT2D eigenvalue weighted by Gasteiger charge is 2.25. The smallest absolute Gasteiger partial charge is 0.161 e. The van der Waals surface area contributed by atoms with Gasteiger partial charge in [-0.25, -0.2) is 0 Å². The summed E-state index contributed by atoms with van der Waals surface area (Å²) in [5.41, 5.74) is 1.92. The number of aromatic nitrogens is 1. The van der Waals surface area contributed by atoms with Gasteiger partial charge in [0.25, 0.3) is 0 Å². The van der Waals surface area contributed by atoms with E-state index in [9.17, 15) is 0 Å². The van der Waals surface area contributed by atoms with E-state index >= 15 is 0 Å². The van der Waals surface area contributed by atoms with Crippen LogP contribution < -0.4 is 9.64 Å². The van der Waals surface area contributed by atoms with Crippen LogP contribution in [0.4, 0.5) is 5.69 Å². The summed E-state index contributed by atoms with van der Waals surface area (Å²) < 4.78 is 10.9. The lowest BCUT2D eigenvalue weighted by Gasteiger charge is -2.34. The van der Waals surface area contributed by atoms with Crippen molar-refractivity contribution in [2.45, 2.75) is 26.5 Å². The van der Waals surface area contributed by atoms with Crippen LogP contribution in [0.3, 0.4) is 0 Å². The SMILES string of the molecule is Cc1cc(CN2C[C@@H](C)Oc3c(Cl)cccc32)no1. The third-order valence-corrected chi connectivity index (χ3v) is 3.41. The molecule has 0 amide bonds. The van der Waals surface area contributed by atoms with Gasteiger partial charge in [0.05, 0.1) is 23.8 Å². The van der Waals surface area contributed by atoms with Crippen molar-refractivity contribution < 1.29 is 9.26 Å². The van der Waals surface area contributed by atoms with Crippen molar-refractivity contribution in [2.75, 3.05) is 11.4 Å². The first-order valence-electron chi connectivity index (χ1n) is 6.26. The van der Waals surface area contributed by atoms with Gasteiger partial charge in [-0.15, -0.1) is 0 Å². The van der Waals surface area contributed by atoms with Crippen LogP contribution >= 0.6 is 11.6 Å². The number of para-hydroxylation sites is 1. The van der Waals surface area contributed by atoms with Crippen molar-refractivity contribution >= 4 is 17.3 Å². The number of aryl methyl sites for hydroxylation is 1. The summed E-state index contributed by atoms with van der Waals surface area (Å²) in [5, 5.41) is 4.68. The standard InChI is InChI=1S/C14H15ClN2O2/c1-9-6-11(16-19-9)8-17-7-10(2)18-14-12(15)4-3-5-13(14)17/h3-6,10H,7-8H2,1-2H3/t10-/m1/s1. The van der Waals surface area contributed by atoms with Crippen LogP contribution in [0.1, 0.15) is 18.4 Å². The second-order valence-electron chi connectivity index (χ2n) is 4.83. The van der Waals surface area contributed by atoms with Gasteiger partial charge in [-0.1, -0.05) is 22.8 Å². The predicted molar refractivity (Wildman–Crippen MR) is 73.8 cm³/mol. The summed E-state index contributed by atoms with van der Waals surface area (Å²) >= 11 is 6.19. The van der Waals surface area contributed by atoms with E-state index in [-0.39, 0.29) is 6.10 Å². The maximum Gasteiger partial charge on any atom is 0.161 e. The van der Waals surface area contributed by atoms with Crippen molar-refractivity contribution in [2.24, 2.45) is 0 Å². The molecule has 5 heteroatoms. The van der Waals surface area contributed by atoms with Crippen molar-refractivity contribution in [1.29, 1.82) is 0 Å². The number of fused-ring (bicyclic) bond motifs is 1. The highest BCUT2D eigenvalue weighted by atomic mass is 35.5. The maximum absolute atomic E-state index is 6.19. The highest BCUT2D eigenvalue weighted by Crippen LogP contribution is 2.39. The van der Waals surface area contributed by atoms with Gasteiger partial charge in [-0.05, 0) is 26.0 Å². The molecule has 0 unspecified atom stereocenters. The lowest BCUT2D eigenvalue weighted by atomic mass is 10.2. The van der Waals surface area contributed by atoms with Gasteiger partial charge in [0.15, 0.2) is 5.75 Å². The van der Waals surface area contributed by atoms with E-state index in [1.807, 2.05) is 38.1 Å². The molecule has 0 aliphatic carbocycles. The zero-order valence-corrected chi connectivity index (χ0v) is 11.6. The Labute approximate surface area is 116 Å². The molecular formula is C14H15ClN2O2. The zero-order chi connectivity index (χ0) is 13.4. The number of anilines is 1. The largest absolute Gasteiger partial charge is 0.485 e. The lowest BCUT2D eigenvalue weighted by Crippen LogP contribution is -2.38. The molecular weight excluding hydrogens is 264 g/mol. The van der Waals surface area contributed by atoms with Crippen LogP contribution in [0.2, 0.25) is 5.02 Å². The number of hydrogen-bond donors (Lipinski definition) is 0. The third kappa shape index (κ3) is 2.40. The molecule has 4 nitrogen and oxygen atoms in total. The summed E-state index contributed by atoms with van der Waals surface area (Å²) in [6.07, 6.45) is 0.0976. The first kappa shape index (κ1) is 12.4. The van der Waals surface area contributed by atoms with Crippen LogP contribution in [0.5, 0.6) is 5.75 Å². The minimum Gasteiger partial charge on any atom is -0.485 e. The molecule has 1 aromatic heterocycles. The van der Waals surface area contributed by atoms with Crippen LogP contribution in [0.25, 0.3) is 0 Å². The molecule has 0 saturated carbocycles. The van der Waals surface area contributed by atoms with Crippen molar-refractivity contribution in [3.8, 4) is 5.75 Å². The monoisotopic (exact) mass is 278 g/mol. The molecule has 0 bridgehead atoms. The average Bonchev–Trinajstić information content (AvgIpc) is 2.76. The van der Waals surface area contributed by atoms with Gasteiger partial charge in [0.1, 0.15) is 17.6 Å². The minimum absolute atomic E-state index is 0.0976. The Morgan fingerprint density at radius 3 is 3.05 bits per heavy atom. The molecule has 2 aromatic rings. The Hall–Kier alpha value is -1.68. The Kier molecular flexibility index (Phi) is 3.11. The summed E-state index contributed by atoms with van der Waals surface area (Å²) in [6.45, 7) is 5.42. The molecule has 1 aliphatic rings. The third-order valence-electron chi connectivity index (χ3n) is 3.11. The number of benzene rings is 1. The number of ether oxygens (including phenoxy) is 1. The minimum atomic E-state index is 0.0976. The second-order valence-corrected chi connectivity index (χ2v) is 5.23. The molecule has 0 N–H and O–H groups in total. The molecule has 100 valence electrons. The van der Waals surface area contributed by atoms with Gasteiger partial charge < -0.3 is 14.2 Å². The topological polar surface area (TPSA) is 38.5 Å². The molecule has 1 atom stereocenters. The van der Waals surface area contributed by atoms with E-state index in [0.717, 1.165) is 29.4 Å². The Morgan fingerprint density at radius 2 is 2.32 bits per heavy atom. The first-order chi connectivity index (χ1) is 9.13. The summed E-state index contributed by atoms with van der Waals surface area (Å²) in [5.74, 6) is 1.57. The average molecular weight is 279 g/mol. The highest BCUT2D eigenvalue weighted by molar-refractivity contribution is 6.32. The van der Waals surface area contributed by atoms with Crippen LogP contribution in [0, 0.1) is 6.92 Å². The quantitative estimate of drug-likeness (QED) is 0.844. The van der Waals surface area contributed by atoms with E-state index in [1.165, 1.54) is 0 Å². The Bertz CT molecular complexity index is 597. The van der Waals surface area contributed by atoms with E-state index in [1.54, 1.807) is 0 Å². The number of halogens is 1. The fraction of sp³-hybridized carbons (Fsp3) is 0.357. The molecule has 0 radical (unpaired) electrons. The van der Waals surface area contributed by atoms with Crippen LogP contribution in [-0.4, -0.2) is 17.8 Å². The van der Waals surface area contributed by atoms with E-state index in [2.05, 4.69) is 10.1 Å². The van der Waals surface area contributed by atoms with Crippen molar-refractivity contribution in [3.63, 3.8) is 0 Å². The molecule has 0 fully saturated rings. The van der Waals surface area contributed by atoms with E-state index < -0.39 is 0 Å². The molecule has 19 heavy (non-hydrogen) atoms. The first-order valence-corrected chi connectivity index (χ1v) is 6.63. The number of hydrogen-bond acceptors (Lipinski definition) is 4. The summed E-state index contributed by atoms with van der Waals surface area (Å²) in [6, 6.07) is 7.74. The van der Waals surface area contributed by atoms with Gasteiger partial charge in [-0.3, -0.25) is 0 Å². The molecule has 2 heterocycles. The molecule has 0 spiro atoms. The lowest BCUT2D eigenvalue weighted by molar-refractivity contribution is 0.212. The number of rotatable bonds is 2. The summed E-state index contributed by atoms with van der Waals surface area (Å²) in [7, 11) is 0. The van der Waals surface area contributed by atoms with Crippen molar-refractivity contribution in [1.82, 2.24) is 5.16 Å².